The Bertz CT molecular complexity index is 329. The molecule has 4 heteroatoms. The molecule has 2 unspecified atom stereocenters. The average molecular weight is 268 g/mol. The number of nitrogens with zero attached hydrogens (tertiary/aromatic N) is 1. The number of thiophene rings is 1. The number of likely N-dealkylation sites (tertiary alicyclic amines) is 1. The number of methoxy groups -OCH3 is 1. The third-order valence-corrected chi connectivity index (χ3v) is 4.68. The fraction of sp³-hybridized carbons (Fsp3) is 0.714. The van der Waals surface area contributed by atoms with Gasteiger partial charge in [-0.2, -0.15) is 0 Å². The first-order valence-electron chi connectivity index (χ1n) is 6.77. The molecular formula is C14H24N2OS. The minimum absolute atomic E-state index is 0.474. The van der Waals surface area contributed by atoms with Gasteiger partial charge < -0.3 is 15.0 Å². The minimum Gasteiger partial charge on any atom is -0.384 e. The van der Waals surface area contributed by atoms with Crippen molar-refractivity contribution < 1.29 is 4.74 Å². The number of hydrogen-bond donors (Lipinski definition) is 1. The molecule has 1 saturated heterocycles. The summed E-state index contributed by atoms with van der Waals surface area (Å²) < 4.78 is 5.22. The smallest absolute Gasteiger partial charge is 0.0503 e. The SMILES string of the molecule is COCC1CCN(CCNC(C)c2cccs2)C1. The second-order valence-electron chi connectivity index (χ2n) is 5.10. The predicted octanol–water partition coefficient (Wildman–Crippen LogP) is 2.37. The van der Waals surface area contributed by atoms with Crippen LogP contribution < -0.4 is 5.32 Å². The Balaban J connectivity index is 1.61. The van der Waals surface area contributed by atoms with Crippen LogP contribution in [-0.4, -0.2) is 44.8 Å². The standard InChI is InChI=1S/C14H24N2OS/c1-12(14-4-3-9-18-14)15-6-8-16-7-5-13(10-16)11-17-2/h3-4,9,12-13,15H,5-8,10-11H2,1-2H3. The lowest BCUT2D eigenvalue weighted by molar-refractivity contribution is 0.153. The summed E-state index contributed by atoms with van der Waals surface area (Å²) in [5.74, 6) is 0.740. The lowest BCUT2D eigenvalue weighted by Gasteiger charge is -2.18. The fourth-order valence-electron chi connectivity index (χ4n) is 2.57. The second kappa shape index (κ2) is 7.24. The van der Waals surface area contributed by atoms with Crippen molar-refractivity contribution in [3.05, 3.63) is 22.4 Å². The first-order valence-corrected chi connectivity index (χ1v) is 7.65. The van der Waals surface area contributed by atoms with E-state index >= 15 is 0 Å². The van der Waals surface area contributed by atoms with Gasteiger partial charge in [-0.1, -0.05) is 6.07 Å². The van der Waals surface area contributed by atoms with Crippen LogP contribution in [0.2, 0.25) is 0 Å². The zero-order valence-corrected chi connectivity index (χ0v) is 12.2. The van der Waals surface area contributed by atoms with Crippen molar-refractivity contribution in [2.24, 2.45) is 5.92 Å². The van der Waals surface area contributed by atoms with Crippen molar-refractivity contribution in [3.63, 3.8) is 0 Å². The highest BCUT2D eigenvalue weighted by atomic mass is 32.1. The van der Waals surface area contributed by atoms with Gasteiger partial charge >= 0.3 is 0 Å². The molecule has 1 aromatic rings. The van der Waals surface area contributed by atoms with E-state index in [0.717, 1.165) is 25.6 Å². The Morgan fingerprint density at radius 2 is 2.50 bits per heavy atom. The summed E-state index contributed by atoms with van der Waals surface area (Å²) in [4.78, 5) is 3.96. The van der Waals surface area contributed by atoms with E-state index in [0.29, 0.717) is 6.04 Å². The summed E-state index contributed by atoms with van der Waals surface area (Å²) in [5, 5.41) is 5.74. The van der Waals surface area contributed by atoms with E-state index in [4.69, 9.17) is 4.74 Å². The van der Waals surface area contributed by atoms with Crippen molar-refractivity contribution in [2.75, 3.05) is 39.9 Å². The molecular weight excluding hydrogens is 244 g/mol. The highest BCUT2D eigenvalue weighted by Crippen LogP contribution is 2.18. The maximum Gasteiger partial charge on any atom is 0.0503 e. The van der Waals surface area contributed by atoms with Crippen molar-refractivity contribution in [1.29, 1.82) is 0 Å². The van der Waals surface area contributed by atoms with Gasteiger partial charge in [-0.05, 0) is 37.3 Å². The minimum atomic E-state index is 0.474. The Kier molecular flexibility index (Phi) is 5.63. The molecule has 3 nitrogen and oxygen atoms in total. The van der Waals surface area contributed by atoms with Gasteiger partial charge in [0.25, 0.3) is 0 Å². The number of ether oxygens (including phenoxy) is 1. The second-order valence-corrected chi connectivity index (χ2v) is 6.08. The number of nitrogens with one attached hydrogen (secondary N) is 1. The van der Waals surface area contributed by atoms with E-state index in [1.165, 1.54) is 24.4 Å². The maximum atomic E-state index is 5.22. The first-order chi connectivity index (χ1) is 8.79. The topological polar surface area (TPSA) is 24.5 Å². The van der Waals surface area contributed by atoms with E-state index in [1.54, 1.807) is 7.11 Å². The third kappa shape index (κ3) is 4.05. The van der Waals surface area contributed by atoms with Crippen LogP contribution in [0.1, 0.15) is 24.3 Å². The van der Waals surface area contributed by atoms with Gasteiger partial charge in [-0.25, -0.2) is 0 Å². The molecule has 1 aliphatic heterocycles. The molecule has 0 aliphatic carbocycles. The highest BCUT2D eigenvalue weighted by molar-refractivity contribution is 7.10. The largest absolute Gasteiger partial charge is 0.384 e. The van der Waals surface area contributed by atoms with Gasteiger partial charge in [-0.15, -0.1) is 11.3 Å². The molecule has 102 valence electrons. The molecule has 2 heterocycles. The normalized spacial score (nSPS) is 22.4. The lowest BCUT2D eigenvalue weighted by atomic mass is 10.1. The Labute approximate surface area is 114 Å². The molecule has 0 aromatic carbocycles. The lowest BCUT2D eigenvalue weighted by Crippen LogP contribution is -2.32. The molecule has 1 aliphatic rings. The van der Waals surface area contributed by atoms with Gasteiger partial charge in [0.05, 0.1) is 6.61 Å². The number of rotatable bonds is 7. The van der Waals surface area contributed by atoms with E-state index in [2.05, 4.69) is 34.7 Å². The average Bonchev–Trinajstić information content (AvgIpc) is 3.00. The Morgan fingerprint density at radius 3 is 3.22 bits per heavy atom. The summed E-state index contributed by atoms with van der Waals surface area (Å²) in [5.41, 5.74) is 0. The van der Waals surface area contributed by atoms with Crippen LogP contribution >= 0.6 is 11.3 Å². The molecule has 0 bridgehead atoms. The van der Waals surface area contributed by atoms with Crippen molar-refractivity contribution >= 4 is 11.3 Å². The molecule has 1 N–H and O–H groups in total. The van der Waals surface area contributed by atoms with E-state index in [9.17, 15) is 0 Å². The molecule has 0 spiro atoms. The highest BCUT2D eigenvalue weighted by Gasteiger charge is 2.21. The first kappa shape index (κ1) is 14.0. The summed E-state index contributed by atoms with van der Waals surface area (Å²) in [6, 6.07) is 4.79. The summed E-state index contributed by atoms with van der Waals surface area (Å²) >= 11 is 1.83. The molecule has 18 heavy (non-hydrogen) atoms. The molecule has 0 saturated carbocycles. The zero-order chi connectivity index (χ0) is 12.8. The molecule has 0 amide bonds. The van der Waals surface area contributed by atoms with Gasteiger partial charge in [0.1, 0.15) is 0 Å². The molecule has 1 fully saturated rings. The molecule has 2 atom stereocenters. The fourth-order valence-corrected chi connectivity index (χ4v) is 3.32. The van der Waals surface area contributed by atoms with Crippen LogP contribution in [0.25, 0.3) is 0 Å². The van der Waals surface area contributed by atoms with Gasteiger partial charge in [0, 0.05) is 37.7 Å². The molecule has 0 radical (unpaired) electrons. The van der Waals surface area contributed by atoms with E-state index in [1.807, 2.05) is 11.3 Å². The summed E-state index contributed by atoms with van der Waals surface area (Å²) in [7, 11) is 1.80. The summed E-state index contributed by atoms with van der Waals surface area (Å²) in [6.45, 7) is 7.79. The van der Waals surface area contributed by atoms with Crippen LogP contribution in [-0.2, 0) is 4.74 Å². The van der Waals surface area contributed by atoms with Crippen molar-refractivity contribution in [3.8, 4) is 0 Å². The molecule has 1 aromatic heterocycles. The van der Waals surface area contributed by atoms with E-state index in [-0.39, 0.29) is 0 Å². The van der Waals surface area contributed by atoms with Crippen molar-refractivity contribution in [1.82, 2.24) is 10.2 Å². The van der Waals surface area contributed by atoms with Crippen LogP contribution in [0.3, 0.4) is 0 Å². The van der Waals surface area contributed by atoms with Gasteiger partial charge in [0.2, 0.25) is 0 Å². The zero-order valence-electron chi connectivity index (χ0n) is 11.4. The monoisotopic (exact) mass is 268 g/mol. The number of hydrogen-bond acceptors (Lipinski definition) is 4. The Morgan fingerprint density at radius 1 is 1.61 bits per heavy atom. The molecule has 2 rings (SSSR count). The maximum absolute atomic E-state index is 5.22. The third-order valence-electron chi connectivity index (χ3n) is 3.62. The van der Waals surface area contributed by atoms with Crippen LogP contribution in [0, 0.1) is 5.92 Å². The van der Waals surface area contributed by atoms with Crippen LogP contribution in [0.15, 0.2) is 17.5 Å². The van der Waals surface area contributed by atoms with Crippen LogP contribution in [0.4, 0.5) is 0 Å². The van der Waals surface area contributed by atoms with Gasteiger partial charge in [-0.3, -0.25) is 0 Å². The van der Waals surface area contributed by atoms with Crippen LogP contribution in [0.5, 0.6) is 0 Å². The van der Waals surface area contributed by atoms with E-state index < -0.39 is 0 Å². The summed E-state index contributed by atoms with van der Waals surface area (Å²) in [6.07, 6.45) is 1.29. The Hall–Kier alpha value is -0.420. The van der Waals surface area contributed by atoms with Gasteiger partial charge in [0.15, 0.2) is 0 Å². The van der Waals surface area contributed by atoms with Crippen molar-refractivity contribution in [2.45, 2.75) is 19.4 Å². The predicted molar refractivity (Wildman–Crippen MR) is 77.2 cm³/mol. The quantitative estimate of drug-likeness (QED) is 0.821.